The predicted molar refractivity (Wildman–Crippen MR) is 68.0 cm³/mol. The second kappa shape index (κ2) is 4.73. The van der Waals surface area contributed by atoms with Gasteiger partial charge >= 0.3 is 0 Å². The Kier molecular flexibility index (Phi) is 3.29. The molecule has 0 amide bonds. The number of H-pyrrole nitrogens is 1. The smallest absolute Gasteiger partial charge is 0.265 e. The van der Waals surface area contributed by atoms with Crippen LogP contribution in [0.2, 0.25) is 0 Å². The lowest BCUT2D eigenvalue weighted by atomic mass is 10.1. The highest BCUT2D eigenvalue weighted by molar-refractivity contribution is 7.91. The molecule has 1 heterocycles. The lowest BCUT2D eigenvalue weighted by molar-refractivity contribution is 0.596. The van der Waals surface area contributed by atoms with E-state index < -0.39 is 15.4 Å². The summed E-state index contributed by atoms with van der Waals surface area (Å²) < 4.78 is 23.9. The fourth-order valence-electron chi connectivity index (χ4n) is 1.58. The fraction of sp³-hybridized carbons (Fsp3) is 0.167. The molecule has 0 radical (unpaired) electrons. The quantitative estimate of drug-likeness (QED) is 0.904. The summed E-state index contributed by atoms with van der Waals surface area (Å²) in [4.78, 5) is 11.2. The van der Waals surface area contributed by atoms with Crippen molar-refractivity contribution >= 4 is 9.84 Å². The number of rotatable bonds is 3. The summed E-state index contributed by atoms with van der Waals surface area (Å²) in [6.45, 7) is 1.53. The van der Waals surface area contributed by atoms with Crippen LogP contribution in [-0.4, -0.2) is 24.4 Å². The summed E-state index contributed by atoms with van der Waals surface area (Å²) in [6, 6.07) is 9.96. The van der Waals surface area contributed by atoms with Gasteiger partial charge in [-0.15, -0.1) is 0 Å². The molecular formula is C12H12N2O3S. The SMILES string of the molecule is CCS(=O)(=O)c1cc(=O)[nH]nc1-c1ccccc1. The van der Waals surface area contributed by atoms with E-state index >= 15 is 0 Å². The van der Waals surface area contributed by atoms with Gasteiger partial charge in [0.05, 0.1) is 5.75 Å². The number of hydrogen-bond donors (Lipinski definition) is 1. The van der Waals surface area contributed by atoms with Gasteiger partial charge in [0.15, 0.2) is 9.84 Å². The van der Waals surface area contributed by atoms with Gasteiger partial charge in [-0.25, -0.2) is 13.5 Å². The zero-order valence-corrected chi connectivity index (χ0v) is 10.6. The van der Waals surface area contributed by atoms with E-state index in [9.17, 15) is 13.2 Å². The zero-order valence-electron chi connectivity index (χ0n) is 9.75. The highest BCUT2D eigenvalue weighted by Crippen LogP contribution is 2.23. The molecule has 0 atom stereocenters. The summed E-state index contributed by atoms with van der Waals surface area (Å²) in [5, 5.41) is 6.11. The molecule has 0 aliphatic rings. The van der Waals surface area contributed by atoms with E-state index in [1.165, 1.54) is 6.92 Å². The monoisotopic (exact) mass is 264 g/mol. The van der Waals surface area contributed by atoms with Crippen LogP contribution in [0.4, 0.5) is 0 Å². The van der Waals surface area contributed by atoms with Gasteiger partial charge < -0.3 is 0 Å². The Morgan fingerprint density at radius 1 is 1.22 bits per heavy atom. The Hall–Kier alpha value is -1.95. The molecule has 0 saturated carbocycles. The first kappa shape index (κ1) is 12.5. The lowest BCUT2D eigenvalue weighted by Crippen LogP contribution is -2.15. The third-order valence-electron chi connectivity index (χ3n) is 2.54. The maximum atomic E-state index is 12.0. The Morgan fingerprint density at radius 2 is 1.89 bits per heavy atom. The molecule has 2 aromatic rings. The molecule has 0 fully saturated rings. The molecule has 0 spiro atoms. The Labute approximate surface area is 104 Å². The van der Waals surface area contributed by atoms with E-state index in [0.717, 1.165) is 6.07 Å². The number of benzene rings is 1. The van der Waals surface area contributed by atoms with Crippen LogP contribution in [0.25, 0.3) is 11.3 Å². The van der Waals surface area contributed by atoms with Gasteiger partial charge in [-0.05, 0) is 0 Å². The molecule has 18 heavy (non-hydrogen) atoms. The largest absolute Gasteiger partial charge is 0.268 e. The van der Waals surface area contributed by atoms with Gasteiger partial charge in [0.25, 0.3) is 5.56 Å². The van der Waals surface area contributed by atoms with Crippen LogP contribution in [0.15, 0.2) is 46.1 Å². The first-order chi connectivity index (χ1) is 8.54. The predicted octanol–water partition coefficient (Wildman–Crippen LogP) is 1.23. The zero-order chi connectivity index (χ0) is 13.2. The van der Waals surface area contributed by atoms with Crippen molar-refractivity contribution in [2.24, 2.45) is 0 Å². The van der Waals surface area contributed by atoms with Crippen molar-refractivity contribution in [1.29, 1.82) is 0 Å². The topological polar surface area (TPSA) is 79.9 Å². The summed E-state index contributed by atoms with van der Waals surface area (Å²) in [5.41, 5.74) is 0.402. The second-order valence-corrected chi connectivity index (χ2v) is 5.96. The third kappa shape index (κ3) is 2.33. The van der Waals surface area contributed by atoms with E-state index in [4.69, 9.17) is 0 Å². The number of hydrogen-bond acceptors (Lipinski definition) is 4. The Bertz CT molecular complexity index is 706. The minimum atomic E-state index is -3.48. The molecule has 0 bridgehead atoms. The molecular weight excluding hydrogens is 252 g/mol. The average molecular weight is 264 g/mol. The molecule has 0 aliphatic heterocycles. The molecule has 0 unspecified atom stereocenters. The van der Waals surface area contributed by atoms with Gasteiger partial charge in [0, 0.05) is 11.6 Å². The minimum absolute atomic E-state index is 0.0278. The molecule has 0 aliphatic carbocycles. The van der Waals surface area contributed by atoms with Crippen molar-refractivity contribution in [2.75, 3.05) is 5.75 Å². The highest BCUT2D eigenvalue weighted by Gasteiger charge is 2.19. The third-order valence-corrected chi connectivity index (χ3v) is 4.28. The second-order valence-electron chi connectivity index (χ2n) is 3.71. The van der Waals surface area contributed by atoms with Crippen LogP contribution in [0, 0.1) is 0 Å². The van der Waals surface area contributed by atoms with Crippen molar-refractivity contribution in [3.05, 3.63) is 46.8 Å². The van der Waals surface area contributed by atoms with Gasteiger partial charge in [-0.2, -0.15) is 5.10 Å². The van der Waals surface area contributed by atoms with Crippen LogP contribution in [0.5, 0.6) is 0 Å². The van der Waals surface area contributed by atoms with Gasteiger partial charge in [0.2, 0.25) is 0 Å². The van der Waals surface area contributed by atoms with Crippen molar-refractivity contribution in [2.45, 2.75) is 11.8 Å². The van der Waals surface area contributed by atoms with E-state index in [1.54, 1.807) is 24.3 Å². The van der Waals surface area contributed by atoms with E-state index in [1.807, 2.05) is 6.07 Å². The van der Waals surface area contributed by atoms with E-state index in [-0.39, 0.29) is 16.3 Å². The number of nitrogens with one attached hydrogen (secondary N) is 1. The van der Waals surface area contributed by atoms with Crippen LogP contribution in [0.1, 0.15) is 6.92 Å². The minimum Gasteiger partial charge on any atom is -0.268 e. The fourth-order valence-corrected chi connectivity index (χ4v) is 2.64. The highest BCUT2D eigenvalue weighted by atomic mass is 32.2. The summed E-state index contributed by atoms with van der Waals surface area (Å²) >= 11 is 0. The van der Waals surface area contributed by atoms with Gasteiger partial charge in [0.1, 0.15) is 10.6 Å². The molecule has 1 N–H and O–H groups in total. The number of aromatic nitrogens is 2. The normalized spacial score (nSPS) is 11.4. The molecule has 6 heteroatoms. The Balaban J connectivity index is 2.74. The van der Waals surface area contributed by atoms with Gasteiger partial charge in [-0.3, -0.25) is 4.79 Å². The van der Waals surface area contributed by atoms with Crippen molar-refractivity contribution in [3.63, 3.8) is 0 Å². The average Bonchev–Trinajstić information content (AvgIpc) is 2.39. The van der Waals surface area contributed by atoms with E-state index in [0.29, 0.717) is 5.56 Å². The van der Waals surface area contributed by atoms with Gasteiger partial charge in [-0.1, -0.05) is 37.3 Å². The maximum absolute atomic E-state index is 12.0. The van der Waals surface area contributed by atoms with Crippen molar-refractivity contribution in [3.8, 4) is 11.3 Å². The Morgan fingerprint density at radius 3 is 2.50 bits per heavy atom. The maximum Gasteiger partial charge on any atom is 0.265 e. The summed E-state index contributed by atoms with van der Waals surface area (Å²) in [5.74, 6) is -0.0715. The van der Waals surface area contributed by atoms with E-state index in [2.05, 4.69) is 10.2 Å². The molecule has 5 nitrogen and oxygen atoms in total. The molecule has 1 aromatic heterocycles. The van der Waals surface area contributed by atoms with Crippen molar-refractivity contribution < 1.29 is 8.42 Å². The standard InChI is InChI=1S/C12H12N2O3S/c1-2-18(16,17)10-8-11(15)13-14-12(10)9-6-4-3-5-7-9/h3-8H,2H2,1H3,(H,13,15). The molecule has 94 valence electrons. The van der Waals surface area contributed by atoms with Crippen LogP contribution in [0.3, 0.4) is 0 Å². The molecule has 2 rings (SSSR count). The number of nitrogens with zero attached hydrogens (tertiary/aromatic N) is 1. The number of sulfone groups is 1. The summed E-state index contributed by atoms with van der Waals surface area (Å²) in [6.07, 6.45) is 0. The summed E-state index contributed by atoms with van der Waals surface area (Å²) in [7, 11) is -3.48. The van der Waals surface area contributed by atoms with Crippen LogP contribution in [-0.2, 0) is 9.84 Å². The number of aromatic amines is 1. The molecule has 1 aromatic carbocycles. The first-order valence-electron chi connectivity index (χ1n) is 5.42. The van der Waals surface area contributed by atoms with Crippen molar-refractivity contribution in [1.82, 2.24) is 10.2 Å². The van der Waals surface area contributed by atoms with Crippen LogP contribution < -0.4 is 5.56 Å². The first-order valence-corrected chi connectivity index (χ1v) is 7.07. The lowest BCUT2D eigenvalue weighted by Gasteiger charge is -2.07. The molecule has 0 saturated heterocycles. The van der Waals surface area contributed by atoms with Crippen LogP contribution >= 0.6 is 0 Å².